The molecule has 2 rings (SSSR count). The van der Waals surface area contributed by atoms with Gasteiger partial charge in [0.05, 0.1) is 11.2 Å². The van der Waals surface area contributed by atoms with Gasteiger partial charge in [0.1, 0.15) is 11.5 Å². The van der Waals surface area contributed by atoms with Gasteiger partial charge in [-0.1, -0.05) is 35.3 Å². The summed E-state index contributed by atoms with van der Waals surface area (Å²) in [5, 5.41) is 14.2. The molecule has 0 aliphatic rings. The van der Waals surface area contributed by atoms with Gasteiger partial charge in [-0.25, -0.2) is 5.43 Å². The normalized spacial score (nSPS) is 12.1. The quantitative estimate of drug-likeness (QED) is 0.637. The van der Waals surface area contributed by atoms with Gasteiger partial charge in [-0.2, -0.15) is 5.10 Å². The van der Waals surface area contributed by atoms with Crippen LogP contribution in [0.25, 0.3) is 0 Å². The molecule has 2 aromatic carbocycles. The van der Waals surface area contributed by atoms with Crippen LogP contribution in [0, 0.1) is 0 Å². The molecular weight excluding hydrogens is 339 g/mol. The molecule has 0 aliphatic carbocycles. The maximum Gasteiger partial charge on any atom is 0.280 e. The highest BCUT2D eigenvalue weighted by molar-refractivity contribution is 6.35. The number of aromatic hydroxyl groups is 1. The molecule has 0 aliphatic heterocycles. The van der Waals surface area contributed by atoms with E-state index in [1.165, 1.54) is 18.3 Å². The van der Waals surface area contributed by atoms with Crippen LogP contribution < -0.4 is 10.2 Å². The molecule has 23 heavy (non-hydrogen) atoms. The minimum atomic E-state index is -0.810. The summed E-state index contributed by atoms with van der Waals surface area (Å²) >= 11 is 11.8. The number of carbonyl (C=O) groups excluding carboxylic acids is 1. The Kier molecular flexibility index (Phi) is 5.84. The summed E-state index contributed by atoms with van der Waals surface area (Å²) in [4.78, 5) is 11.9. The second-order valence-electron chi connectivity index (χ2n) is 4.63. The molecule has 0 aromatic heterocycles. The molecule has 0 bridgehead atoms. The van der Waals surface area contributed by atoms with Crippen LogP contribution in [0.2, 0.25) is 10.0 Å². The van der Waals surface area contributed by atoms with E-state index >= 15 is 0 Å². The summed E-state index contributed by atoms with van der Waals surface area (Å²) in [6, 6.07) is 11.4. The number of nitrogens with zero attached hydrogens (tertiary/aromatic N) is 1. The van der Waals surface area contributed by atoms with Crippen LogP contribution in [0.15, 0.2) is 47.6 Å². The van der Waals surface area contributed by atoms with Crippen molar-refractivity contribution in [2.75, 3.05) is 0 Å². The van der Waals surface area contributed by atoms with Crippen LogP contribution in [0.5, 0.6) is 11.5 Å². The van der Waals surface area contributed by atoms with Gasteiger partial charge in [0.15, 0.2) is 6.10 Å². The van der Waals surface area contributed by atoms with Crippen LogP contribution in [0.3, 0.4) is 0 Å². The summed E-state index contributed by atoms with van der Waals surface area (Å²) < 4.78 is 5.46. The van der Waals surface area contributed by atoms with Crippen molar-refractivity contribution < 1.29 is 14.6 Å². The van der Waals surface area contributed by atoms with Crippen molar-refractivity contribution in [3.63, 3.8) is 0 Å². The molecule has 1 unspecified atom stereocenters. The van der Waals surface area contributed by atoms with E-state index in [9.17, 15) is 9.90 Å². The lowest BCUT2D eigenvalue weighted by Gasteiger charge is -2.14. The molecule has 7 heteroatoms. The van der Waals surface area contributed by atoms with Crippen molar-refractivity contribution in [1.29, 1.82) is 0 Å². The highest BCUT2D eigenvalue weighted by atomic mass is 35.5. The molecule has 120 valence electrons. The Bertz CT molecular complexity index is 735. The lowest BCUT2D eigenvalue weighted by atomic mass is 10.2. The van der Waals surface area contributed by atoms with Crippen molar-refractivity contribution in [3.05, 3.63) is 58.1 Å². The molecule has 0 heterocycles. The van der Waals surface area contributed by atoms with Crippen molar-refractivity contribution >= 4 is 35.3 Å². The number of phenols is 1. The molecule has 0 fully saturated rings. The number of carbonyl (C=O) groups is 1. The van der Waals surface area contributed by atoms with Crippen LogP contribution in [0.1, 0.15) is 12.5 Å². The first-order valence-electron chi connectivity index (χ1n) is 6.70. The number of halogens is 2. The molecule has 0 saturated carbocycles. The Morgan fingerprint density at radius 2 is 2.04 bits per heavy atom. The Hall–Kier alpha value is -2.24. The van der Waals surface area contributed by atoms with Gasteiger partial charge in [0, 0.05) is 10.6 Å². The SMILES string of the molecule is CC(Oc1ccc(Cl)cc1Cl)C(=O)NN=Cc1ccccc1O. The summed E-state index contributed by atoms with van der Waals surface area (Å²) in [5.74, 6) is -0.0335. The molecule has 2 N–H and O–H groups in total. The van der Waals surface area contributed by atoms with E-state index in [1.807, 2.05) is 0 Å². The predicted molar refractivity (Wildman–Crippen MR) is 90.4 cm³/mol. The van der Waals surface area contributed by atoms with Crippen LogP contribution in [-0.2, 0) is 4.79 Å². The lowest BCUT2D eigenvalue weighted by molar-refractivity contribution is -0.127. The first-order valence-corrected chi connectivity index (χ1v) is 7.45. The van der Waals surface area contributed by atoms with Crippen LogP contribution in [0.4, 0.5) is 0 Å². The third kappa shape index (κ3) is 4.87. The van der Waals surface area contributed by atoms with Gasteiger partial charge in [0.2, 0.25) is 0 Å². The number of nitrogens with one attached hydrogen (secondary N) is 1. The zero-order valence-electron chi connectivity index (χ0n) is 12.2. The number of ether oxygens (including phenoxy) is 1. The maximum atomic E-state index is 11.9. The minimum Gasteiger partial charge on any atom is -0.507 e. The number of amides is 1. The minimum absolute atomic E-state index is 0.0720. The van der Waals surface area contributed by atoms with Gasteiger partial charge >= 0.3 is 0 Å². The smallest absolute Gasteiger partial charge is 0.280 e. The van der Waals surface area contributed by atoms with Crippen molar-refractivity contribution in [2.45, 2.75) is 13.0 Å². The molecule has 1 atom stereocenters. The highest BCUT2D eigenvalue weighted by Crippen LogP contribution is 2.28. The highest BCUT2D eigenvalue weighted by Gasteiger charge is 2.15. The molecule has 1 amide bonds. The molecule has 0 radical (unpaired) electrons. The van der Waals surface area contributed by atoms with Gasteiger partial charge in [0.25, 0.3) is 5.91 Å². The Morgan fingerprint density at radius 1 is 1.30 bits per heavy atom. The van der Waals surface area contributed by atoms with E-state index < -0.39 is 12.0 Å². The number of para-hydroxylation sites is 1. The fraction of sp³-hybridized carbons (Fsp3) is 0.125. The van der Waals surface area contributed by atoms with E-state index in [0.29, 0.717) is 21.4 Å². The summed E-state index contributed by atoms with van der Waals surface area (Å²) in [5.41, 5.74) is 2.82. The predicted octanol–water partition coefficient (Wildman–Crippen LogP) is 3.62. The summed E-state index contributed by atoms with van der Waals surface area (Å²) in [6.45, 7) is 1.57. The Balaban J connectivity index is 1.94. The largest absolute Gasteiger partial charge is 0.507 e. The van der Waals surface area contributed by atoms with Gasteiger partial charge in [-0.15, -0.1) is 0 Å². The fourth-order valence-corrected chi connectivity index (χ4v) is 2.12. The number of phenolic OH excluding ortho intramolecular Hbond substituents is 1. The summed E-state index contributed by atoms with van der Waals surface area (Å²) in [7, 11) is 0. The van der Waals surface area contributed by atoms with E-state index in [0.717, 1.165) is 0 Å². The van der Waals surface area contributed by atoms with Crippen molar-refractivity contribution in [2.24, 2.45) is 5.10 Å². The second-order valence-corrected chi connectivity index (χ2v) is 5.47. The van der Waals surface area contributed by atoms with Crippen molar-refractivity contribution in [3.8, 4) is 11.5 Å². The maximum absolute atomic E-state index is 11.9. The Labute approximate surface area is 143 Å². The van der Waals surface area contributed by atoms with E-state index in [2.05, 4.69) is 10.5 Å². The third-order valence-corrected chi connectivity index (χ3v) is 3.41. The van der Waals surface area contributed by atoms with Gasteiger partial charge < -0.3 is 9.84 Å². The Morgan fingerprint density at radius 3 is 2.74 bits per heavy atom. The zero-order chi connectivity index (χ0) is 16.8. The molecule has 0 spiro atoms. The van der Waals surface area contributed by atoms with Crippen LogP contribution >= 0.6 is 23.2 Å². The molecule has 5 nitrogen and oxygen atoms in total. The monoisotopic (exact) mass is 352 g/mol. The molecule has 0 saturated heterocycles. The fourth-order valence-electron chi connectivity index (χ4n) is 1.67. The standard InChI is InChI=1S/C16H14Cl2N2O3/c1-10(23-15-7-6-12(17)8-13(15)18)16(22)20-19-9-11-4-2-3-5-14(11)21/h2-10,21H,1H3,(H,20,22). The van der Waals surface area contributed by atoms with E-state index in [4.69, 9.17) is 27.9 Å². The number of rotatable bonds is 5. The second kappa shape index (κ2) is 7.85. The summed E-state index contributed by atoms with van der Waals surface area (Å²) in [6.07, 6.45) is 0.532. The number of benzene rings is 2. The first kappa shape index (κ1) is 17.1. The number of hydrogen-bond donors (Lipinski definition) is 2. The lowest BCUT2D eigenvalue weighted by Crippen LogP contribution is -2.33. The molecular formula is C16H14Cl2N2O3. The number of hydrogen-bond acceptors (Lipinski definition) is 4. The number of hydrazone groups is 1. The van der Waals surface area contributed by atoms with Crippen LogP contribution in [-0.4, -0.2) is 23.3 Å². The van der Waals surface area contributed by atoms with Gasteiger partial charge in [-0.05, 0) is 37.3 Å². The molecule has 2 aromatic rings. The van der Waals surface area contributed by atoms with Gasteiger partial charge in [-0.3, -0.25) is 4.79 Å². The average Bonchev–Trinajstić information content (AvgIpc) is 2.51. The topological polar surface area (TPSA) is 70.9 Å². The van der Waals surface area contributed by atoms with Crippen molar-refractivity contribution in [1.82, 2.24) is 5.43 Å². The van der Waals surface area contributed by atoms with E-state index in [1.54, 1.807) is 37.3 Å². The third-order valence-electron chi connectivity index (χ3n) is 2.88. The van der Waals surface area contributed by atoms with E-state index in [-0.39, 0.29) is 5.75 Å². The first-order chi connectivity index (χ1) is 11.0. The zero-order valence-corrected chi connectivity index (χ0v) is 13.7. The average molecular weight is 353 g/mol.